The molecule has 0 unspecified atom stereocenters. The molecule has 4 saturated carbocycles. The molecule has 0 aromatic carbocycles. The molecule has 34 heavy (non-hydrogen) atoms. The summed E-state index contributed by atoms with van der Waals surface area (Å²) in [5.74, 6) is 0.677. The third-order valence-corrected chi connectivity index (χ3v) is 21.5. The van der Waals surface area contributed by atoms with Gasteiger partial charge in [-0.1, -0.05) is 0 Å². The summed E-state index contributed by atoms with van der Waals surface area (Å²) in [5.41, 5.74) is -2.28. The Balaban J connectivity index is 1.63. The summed E-state index contributed by atoms with van der Waals surface area (Å²) in [6.45, 7) is 17.4. The van der Waals surface area contributed by atoms with E-state index in [2.05, 4.69) is 52.2 Å². The van der Waals surface area contributed by atoms with Crippen molar-refractivity contribution in [1.29, 1.82) is 0 Å². The number of fused-ring (bicyclic) bond motifs is 4. The van der Waals surface area contributed by atoms with Crippen LogP contribution in [0, 0.1) is 33.5 Å². The van der Waals surface area contributed by atoms with Crippen molar-refractivity contribution in [2.45, 2.75) is 102 Å². The molecule has 0 aromatic rings. The molecule has 4 N–H and O–H groups in total. The molecule has 8 heteroatoms. The van der Waals surface area contributed by atoms with E-state index in [9.17, 15) is 19.8 Å². The van der Waals surface area contributed by atoms with Crippen molar-refractivity contribution in [3.8, 4) is 0 Å². The Labute approximate surface area is 216 Å². The molecule has 0 radical (unpaired) electrons. The third kappa shape index (κ3) is 3.24. The average Bonchev–Trinajstić information content (AvgIpc) is 3.20. The SMILES string of the molecule is CC(=O)NC[C@@]1(O)[C@@H]([Se][Se][C@H]2[C@H]3CC[C@](C)(C3(C)C)[C@@]2(O)CNC(C)=O)[C@H]2CC[C@]1(C)C2(C)C. The molecule has 8 atom stereocenters. The fourth-order valence-corrected chi connectivity index (χ4v) is 22.7. The second-order valence-electron chi connectivity index (χ2n) is 13.1. The summed E-state index contributed by atoms with van der Waals surface area (Å²) in [4.78, 5) is 24.0. The van der Waals surface area contributed by atoms with Gasteiger partial charge in [0.1, 0.15) is 0 Å². The van der Waals surface area contributed by atoms with Crippen LogP contribution < -0.4 is 10.6 Å². The summed E-state index contributed by atoms with van der Waals surface area (Å²) in [6, 6.07) is 0. The van der Waals surface area contributed by atoms with Gasteiger partial charge in [0.15, 0.2) is 0 Å². The van der Waals surface area contributed by atoms with Crippen LogP contribution in [0.5, 0.6) is 0 Å². The normalized spacial score (nSPS) is 47.7. The second kappa shape index (κ2) is 8.20. The van der Waals surface area contributed by atoms with Gasteiger partial charge >= 0.3 is 217 Å². The Morgan fingerprint density at radius 2 is 1.06 bits per heavy atom. The van der Waals surface area contributed by atoms with Crippen LogP contribution in [0.2, 0.25) is 9.63 Å². The van der Waals surface area contributed by atoms with E-state index in [1.165, 1.54) is 13.8 Å². The Kier molecular flexibility index (Phi) is 6.50. The zero-order valence-corrected chi connectivity index (χ0v) is 25.5. The third-order valence-electron chi connectivity index (χ3n) is 11.7. The number of amides is 2. The molecule has 194 valence electrons. The minimum absolute atomic E-state index is 0.00906. The maximum atomic E-state index is 12.2. The molecule has 0 aromatic heterocycles. The Bertz CT molecular complexity index is 811. The number of hydrogen-bond acceptors (Lipinski definition) is 4. The number of aliphatic hydroxyl groups is 2. The molecule has 4 fully saturated rings. The van der Waals surface area contributed by atoms with Crippen molar-refractivity contribution in [2.75, 3.05) is 13.1 Å². The molecule has 0 aliphatic heterocycles. The first-order valence-corrected chi connectivity index (χ1v) is 19.1. The molecule has 0 spiro atoms. The van der Waals surface area contributed by atoms with Crippen molar-refractivity contribution in [2.24, 2.45) is 33.5 Å². The van der Waals surface area contributed by atoms with Gasteiger partial charge in [0.2, 0.25) is 0 Å². The molecule has 4 aliphatic carbocycles. The predicted molar refractivity (Wildman–Crippen MR) is 135 cm³/mol. The molecule has 4 aliphatic rings. The fourth-order valence-electron chi connectivity index (χ4n) is 8.50. The number of carbonyl (C=O) groups excluding carboxylic acids is 2. The van der Waals surface area contributed by atoms with Crippen LogP contribution in [-0.4, -0.2) is 72.6 Å². The van der Waals surface area contributed by atoms with E-state index in [1.807, 2.05) is 0 Å². The first-order valence-electron chi connectivity index (χ1n) is 12.8. The summed E-state index contributed by atoms with van der Waals surface area (Å²) in [6.07, 6.45) is 4.23. The van der Waals surface area contributed by atoms with Crippen LogP contribution in [0.4, 0.5) is 0 Å². The van der Waals surface area contributed by atoms with Crippen molar-refractivity contribution in [3.05, 3.63) is 0 Å². The minimum atomic E-state index is -0.917. The van der Waals surface area contributed by atoms with Crippen LogP contribution in [0.25, 0.3) is 0 Å². The van der Waals surface area contributed by atoms with E-state index in [-0.39, 0.29) is 69.4 Å². The van der Waals surface area contributed by atoms with E-state index < -0.39 is 11.2 Å². The van der Waals surface area contributed by atoms with Gasteiger partial charge in [0.05, 0.1) is 0 Å². The van der Waals surface area contributed by atoms with Gasteiger partial charge in [-0.2, -0.15) is 0 Å². The van der Waals surface area contributed by atoms with Crippen LogP contribution >= 0.6 is 0 Å². The first-order chi connectivity index (χ1) is 15.5. The molecule has 0 saturated heterocycles. The zero-order chi connectivity index (χ0) is 25.5. The first kappa shape index (κ1) is 26.9. The maximum absolute atomic E-state index is 12.2. The monoisotopic (exact) mass is 608 g/mol. The van der Waals surface area contributed by atoms with Crippen LogP contribution in [0.1, 0.15) is 81.1 Å². The van der Waals surface area contributed by atoms with E-state index in [0.717, 1.165) is 25.7 Å². The second-order valence-corrected chi connectivity index (χ2v) is 20.2. The Morgan fingerprint density at radius 1 is 0.735 bits per heavy atom. The predicted octanol–water partition coefficient (Wildman–Crippen LogP) is 2.53. The van der Waals surface area contributed by atoms with Crippen molar-refractivity contribution < 1.29 is 19.8 Å². The van der Waals surface area contributed by atoms with Crippen LogP contribution in [0.15, 0.2) is 0 Å². The van der Waals surface area contributed by atoms with Crippen LogP contribution in [-0.2, 0) is 9.59 Å². The Hall–Kier alpha value is -0.101. The zero-order valence-electron chi connectivity index (χ0n) is 22.1. The molecular weight excluding hydrogens is 562 g/mol. The Morgan fingerprint density at radius 3 is 1.35 bits per heavy atom. The van der Waals surface area contributed by atoms with Gasteiger partial charge < -0.3 is 0 Å². The summed E-state index contributed by atoms with van der Waals surface area (Å²) in [7, 11) is 0. The number of rotatable bonds is 7. The number of hydrogen-bond donors (Lipinski definition) is 4. The quantitative estimate of drug-likeness (QED) is 0.335. The van der Waals surface area contributed by atoms with E-state index in [1.54, 1.807) is 0 Å². The topological polar surface area (TPSA) is 98.7 Å². The number of nitrogens with one attached hydrogen (secondary N) is 2. The molecule has 2 amide bonds. The van der Waals surface area contributed by atoms with Gasteiger partial charge in [-0.15, -0.1) is 0 Å². The molecule has 4 bridgehead atoms. The van der Waals surface area contributed by atoms with E-state index >= 15 is 0 Å². The van der Waals surface area contributed by atoms with E-state index in [4.69, 9.17) is 0 Å². The van der Waals surface area contributed by atoms with Gasteiger partial charge in [-0.25, -0.2) is 0 Å². The molecule has 6 nitrogen and oxygen atoms in total. The van der Waals surface area contributed by atoms with Crippen LogP contribution in [0.3, 0.4) is 0 Å². The summed E-state index contributed by atoms with van der Waals surface area (Å²) < 4.78 is 0. The average molecular weight is 607 g/mol. The van der Waals surface area contributed by atoms with Gasteiger partial charge in [-0.3, -0.25) is 0 Å². The molecular formula is C26H44N2O4Se2. The van der Waals surface area contributed by atoms with Gasteiger partial charge in [0.25, 0.3) is 0 Å². The summed E-state index contributed by atoms with van der Waals surface area (Å²) in [5, 5.41) is 30.4. The fraction of sp³-hybridized carbons (Fsp3) is 0.923. The van der Waals surface area contributed by atoms with Gasteiger partial charge in [0, 0.05) is 0 Å². The summed E-state index contributed by atoms with van der Waals surface area (Å²) >= 11 is 0.318. The van der Waals surface area contributed by atoms with Crippen molar-refractivity contribution >= 4 is 38.1 Å². The standard InChI is InChI=1S/C26H44N2O4Se2/c1-15(29)27-13-25(31)19(17-9-11-23(25,7)21(17,3)4)33-34-20-18-10-12-24(8,22(18,5)6)26(20,32)14-28-16(2)30/h17-20,31-32H,9-14H2,1-8H3,(H,27,29)(H,28,30)/t17-,18-,19+,20+,23-,24-,25-,26-/m1/s1. The van der Waals surface area contributed by atoms with Crippen molar-refractivity contribution in [1.82, 2.24) is 10.6 Å². The molecule has 4 rings (SSSR count). The molecule has 0 heterocycles. The van der Waals surface area contributed by atoms with Crippen molar-refractivity contribution in [3.63, 3.8) is 0 Å². The van der Waals surface area contributed by atoms with E-state index in [0.29, 0.717) is 24.9 Å². The van der Waals surface area contributed by atoms with Gasteiger partial charge in [-0.05, 0) is 0 Å². The number of carbonyl (C=O) groups is 2.